The molecule has 0 amide bonds. The lowest BCUT2D eigenvalue weighted by atomic mass is 9.94. The van der Waals surface area contributed by atoms with Gasteiger partial charge >= 0.3 is 0 Å². The van der Waals surface area contributed by atoms with Crippen LogP contribution in [0.2, 0.25) is 0 Å². The van der Waals surface area contributed by atoms with E-state index in [4.69, 9.17) is 33.7 Å². The Morgan fingerprint density at radius 2 is 2.36 bits per heavy atom. The molecule has 1 saturated heterocycles. The molecule has 1 unspecified atom stereocenters. The highest BCUT2D eigenvalue weighted by Crippen LogP contribution is 2.42. The summed E-state index contributed by atoms with van der Waals surface area (Å²) in [4.78, 5) is 9.37. The van der Waals surface area contributed by atoms with Crippen LogP contribution in [-0.2, 0) is 25.8 Å². The molecule has 2 radical (unpaired) electrons. The molecule has 80 valence electrons. The highest BCUT2D eigenvalue weighted by atomic mass is 32.5. The molecule has 0 aromatic carbocycles. The number of rotatable bonds is 4. The number of ether oxygens (including phenoxy) is 2. The maximum absolute atomic E-state index is 9.37. The van der Waals surface area contributed by atoms with Crippen LogP contribution in [0.1, 0.15) is 6.42 Å². The van der Waals surface area contributed by atoms with Crippen molar-refractivity contribution in [2.24, 2.45) is 0 Å². The Kier molecular flexibility index (Phi) is 4.56. The van der Waals surface area contributed by atoms with Crippen molar-refractivity contribution in [2.45, 2.75) is 24.6 Å². The summed E-state index contributed by atoms with van der Waals surface area (Å²) in [6.07, 6.45) is 0.222. The van der Waals surface area contributed by atoms with E-state index in [0.717, 1.165) is 0 Å². The van der Waals surface area contributed by atoms with Crippen LogP contribution in [0.3, 0.4) is 0 Å². The highest BCUT2D eigenvalue weighted by molar-refractivity contribution is 8.09. The third kappa shape index (κ3) is 3.97. The lowest BCUT2D eigenvalue weighted by Crippen LogP contribution is -2.23. The second-order valence-electron chi connectivity index (χ2n) is 3.36. The monoisotopic (exact) mass is 236 g/mol. The molecule has 0 aliphatic carbocycles. The zero-order valence-electron chi connectivity index (χ0n) is 8.25. The summed E-state index contributed by atoms with van der Waals surface area (Å²) >= 11 is 4.78. The van der Waals surface area contributed by atoms with Crippen molar-refractivity contribution in [3.8, 4) is 0 Å². The molecule has 1 fully saturated rings. The van der Waals surface area contributed by atoms with Crippen LogP contribution in [0.5, 0.6) is 0 Å². The van der Waals surface area contributed by atoms with Gasteiger partial charge in [-0.05, 0) is 11.8 Å². The van der Waals surface area contributed by atoms with Gasteiger partial charge in [0, 0.05) is 26.2 Å². The zero-order chi connectivity index (χ0) is 10.8. The fourth-order valence-corrected chi connectivity index (χ4v) is 2.45. The Balaban J connectivity index is 2.44. The second-order valence-corrected chi connectivity index (χ2v) is 7.21. The second kappa shape index (κ2) is 5.06. The van der Waals surface area contributed by atoms with E-state index in [-0.39, 0.29) is 12.2 Å². The van der Waals surface area contributed by atoms with E-state index in [0.29, 0.717) is 13.0 Å². The van der Waals surface area contributed by atoms with Gasteiger partial charge in [-0.15, -0.1) is 0 Å². The standard InChI is InChI=1S/C7H14BO4PS/c1-10-4-5-3-6(7(8)11-5)12-13(2,9)14/h5-7H,3-4H2,1-2H3,(H,9,14)/t5-,6+,7+,13?/m0/s1. The molecule has 1 rings (SSSR count). The van der Waals surface area contributed by atoms with Gasteiger partial charge in [0.05, 0.1) is 18.8 Å². The summed E-state index contributed by atoms with van der Waals surface area (Å²) < 4.78 is 15.5. The summed E-state index contributed by atoms with van der Waals surface area (Å²) in [5.41, 5.74) is 0. The maximum atomic E-state index is 9.37. The Labute approximate surface area is 90.5 Å². The van der Waals surface area contributed by atoms with Crippen molar-refractivity contribution in [3.63, 3.8) is 0 Å². The SMILES string of the molecule is [B][C@@H]1O[C@H](COC)C[C@H]1OP(C)(O)=S. The van der Waals surface area contributed by atoms with Crippen molar-refractivity contribution in [1.29, 1.82) is 0 Å². The van der Waals surface area contributed by atoms with E-state index < -0.39 is 12.5 Å². The van der Waals surface area contributed by atoms with Gasteiger partial charge in [-0.2, -0.15) is 0 Å². The molecule has 4 atom stereocenters. The number of hydrogen-bond donors (Lipinski definition) is 1. The molecule has 4 nitrogen and oxygen atoms in total. The topological polar surface area (TPSA) is 47.9 Å². The normalized spacial score (nSPS) is 36.9. The van der Waals surface area contributed by atoms with Crippen molar-refractivity contribution in [3.05, 3.63) is 0 Å². The van der Waals surface area contributed by atoms with Gasteiger partial charge in [0.25, 0.3) is 0 Å². The van der Waals surface area contributed by atoms with Crippen molar-refractivity contribution in [1.82, 2.24) is 0 Å². The van der Waals surface area contributed by atoms with Crippen LogP contribution < -0.4 is 0 Å². The first-order valence-corrected chi connectivity index (χ1v) is 7.43. The number of methoxy groups -OCH3 is 1. The summed E-state index contributed by atoms with van der Waals surface area (Å²) in [6.45, 7) is -0.689. The van der Waals surface area contributed by atoms with Gasteiger partial charge in [-0.1, -0.05) is 0 Å². The van der Waals surface area contributed by atoms with Crippen molar-refractivity contribution < 1.29 is 18.9 Å². The van der Waals surface area contributed by atoms with Crippen LogP contribution in [0.15, 0.2) is 0 Å². The van der Waals surface area contributed by atoms with Crippen LogP contribution in [0, 0.1) is 0 Å². The molecule has 0 bridgehead atoms. The lowest BCUT2D eigenvalue weighted by molar-refractivity contribution is 0.0187. The van der Waals surface area contributed by atoms with Crippen molar-refractivity contribution in [2.75, 3.05) is 20.4 Å². The van der Waals surface area contributed by atoms with E-state index in [1.165, 1.54) is 6.66 Å². The lowest BCUT2D eigenvalue weighted by Gasteiger charge is -2.19. The third-order valence-electron chi connectivity index (χ3n) is 1.89. The molecule has 14 heavy (non-hydrogen) atoms. The Bertz CT molecular complexity index is 234. The molecule has 7 heteroatoms. The minimum Gasteiger partial charge on any atom is -0.382 e. The average molecular weight is 236 g/mol. The zero-order valence-corrected chi connectivity index (χ0v) is 9.96. The summed E-state index contributed by atoms with van der Waals surface area (Å²) in [7, 11) is 7.26. The molecular weight excluding hydrogens is 222 g/mol. The van der Waals surface area contributed by atoms with Crippen LogP contribution in [-0.4, -0.2) is 51.3 Å². The predicted molar refractivity (Wildman–Crippen MR) is 58.2 cm³/mol. The van der Waals surface area contributed by atoms with Gasteiger partial charge in [-0.25, -0.2) is 0 Å². The molecule has 0 aromatic rings. The van der Waals surface area contributed by atoms with E-state index in [2.05, 4.69) is 0 Å². The summed E-state index contributed by atoms with van der Waals surface area (Å²) in [5, 5.41) is 0. The van der Waals surface area contributed by atoms with Crippen LogP contribution in [0.4, 0.5) is 0 Å². The van der Waals surface area contributed by atoms with Crippen LogP contribution >= 0.6 is 6.49 Å². The van der Waals surface area contributed by atoms with Crippen molar-refractivity contribution >= 4 is 26.1 Å². The summed E-state index contributed by atoms with van der Waals surface area (Å²) in [6, 6.07) is -0.524. The fourth-order valence-electron chi connectivity index (χ4n) is 1.41. The van der Waals surface area contributed by atoms with E-state index in [1.807, 2.05) is 0 Å². The molecule has 1 heterocycles. The first-order valence-electron chi connectivity index (χ1n) is 4.31. The Hall–Kier alpha value is 0.555. The molecular formula is C7H14BO4PS. The molecule has 1 N–H and O–H groups in total. The van der Waals surface area contributed by atoms with Gasteiger partial charge in [-0.3, -0.25) is 0 Å². The fraction of sp³-hybridized carbons (Fsp3) is 1.00. The van der Waals surface area contributed by atoms with Crippen LogP contribution in [0.25, 0.3) is 0 Å². The molecule has 0 spiro atoms. The van der Waals surface area contributed by atoms with E-state index in [1.54, 1.807) is 7.11 Å². The average Bonchev–Trinajstić information content (AvgIpc) is 2.29. The third-order valence-corrected chi connectivity index (χ3v) is 2.81. The highest BCUT2D eigenvalue weighted by Gasteiger charge is 2.34. The first kappa shape index (κ1) is 12.6. The molecule has 1 aliphatic heterocycles. The van der Waals surface area contributed by atoms with Gasteiger partial charge in [0.2, 0.25) is 0 Å². The summed E-state index contributed by atoms with van der Waals surface area (Å²) in [5.74, 6) is 0. The first-order chi connectivity index (χ1) is 6.42. The smallest absolute Gasteiger partial charge is 0.183 e. The minimum atomic E-state index is -2.67. The number of hydrogen-bond acceptors (Lipinski definition) is 4. The minimum absolute atomic E-state index is 0.0680. The quantitative estimate of drug-likeness (QED) is 0.559. The van der Waals surface area contributed by atoms with E-state index in [9.17, 15) is 4.89 Å². The largest absolute Gasteiger partial charge is 0.382 e. The van der Waals surface area contributed by atoms with Gasteiger partial charge < -0.3 is 18.9 Å². The Morgan fingerprint density at radius 3 is 2.86 bits per heavy atom. The predicted octanol–water partition coefficient (Wildman–Crippen LogP) is 0.233. The molecule has 0 aromatic heterocycles. The van der Waals surface area contributed by atoms with Gasteiger partial charge in [0.15, 0.2) is 6.49 Å². The Morgan fingerprint density at radius 1 is 1.71 bits per heavy atom. The molecule has 1 aliphatic rings. The van der Waals surface area contributed by atoms with E-state index >= 15 is 0 Å². The molecule has 0 saturated carbocycles. The van der Waals surface area contributed by atoms with Gasteiger partial charge in [0.1, 0.15) is 7.85 Å². The maximum Gasteiger partial charge on any atom is 0.183 e.